The zero-order valence-electron chi connectivity index (χ0n) is 19.1. The monoisotopic (exact) mass is 485 g/mol. The number of aliphatic hydroxyl groups is 1. The molecule has 0 bridgehead atoms. The Morgan fingerprint density at radius 1 is 0.944 bits per heavy atom. The Bertz CT molecular complexity index is 1450. The van der Waals surface area contributed by atoms with Crippen LogP contribution in [-0.2, 0) is 9.59 Å². The van der Waals surface area contributed by atoms with Gasteiger partial charge in [0.2, 0.25) is 0 Å². The summed E-state index contributed by atoms with van der Waals surface area (Å²) in [5.41, 5.74) is 0.0753. The predicted octanol–water partition coefficient (Wildman–Crippen LogP) is 5.85. The van der Waals surface area contributed by atoms with Gasteiger partial charge in [-0.3, -0.25) is 14.5 Å². The van der Waals surface area contributed by atoms with Gasteiger partial charge in [0.15, 0.2) is 0 Å². The SMILES string of the molecule is COc1ccc(F)cc1/C(O)=C1/C(=O)C(=O)N(c2ccc(Oc3ccccc3)cc2)C1c1ccco1. The molecule has 0 radical (unpaired) electrons. The number of aliphatic hydroxyl groups excluding tert-OH is 1. The van der Waals surface area contributed by atoms with E-state index < -0.39 is 29.3 Å². The topological polar surface area (TPSA) is 89.2 Å². The van der Waals surface area contributed by atoms with Crippen LogP contribution >= 0.6 is 0 Å². The first-order valence-electron chi connectivity index (χ1n) is 11.0. The molecule has 1 aromatic heterocycles. The van der Waals surface area contributed by atoms with Gasteiger partial charge in [0.25, 0.3) is 11.7 Å². The van der Waals surface area contributed by atoms with E-state index in [4.69, 9.17) is 13.9 Å². The molecular formula is C28H20FNO6. The summed E-state index contributed by atoms with van der Waals surface area (Å²) in [6, 6.07) is 21.4. The minimum atomic E-state index is -1.09. The van der Waals surface area contributed by atoms with E-state index in [1.165, 1.54) is 24.3 Å². The fourth-order valence-electron chi connectivity index (χ4n) is 4.12. The van der Waals surface area contributed by atoms with Crippen LogP contribution in [-0.4, -0.2) is 23.9 Å². The van der Waals surface area contributed by atoms with Crippen LogP contribution in [0.4, 0.5) is 10.1 Å². The Balaban J connectivity index is 1.59. The highest BCUT2D eigenvalue weighted by Gasteiger charge is 2.48. The van der Waals surface area contributed by atoms with Crippen molar-refractivity contribution in [2.45, 2.75) is 6.04 Å². The number of rotatable bonds is 6. The predicted molar refractivity (Wildman–Crippen MR) is 129 cm³/mol. The number of hydrogen-bond acceptors (Lipinski definition) is 6. The highest BCUT2D eigenvalue weighted by atomic mass is 19.1. The number of halogens is 1. The van der Waals surface area contributed by atoms with Crippen LogP contribution < -0.4 is 14.4 Å². The van der Waals surface area contributed by atoms with Crippen LogP contribution in [0.5, 0.6) is 17.2 Å². The molecule has 36 heavy (non-hydrogen) atoms. The van der Waals surface area contributed by atoms with Gasteiger partial charge in [-0.2, -0.15) is 0 Å². The van der Waals surface area contributed by atoms with Crippen LogP contribution in [0.1, 0.15) is 17.4 Å². The molecule has 8 heteroatoms. The normalized spacial score (nSPS) is 16.8. The number of Topliss-reactive ketones (excluding diaryl/α,β-unsaturated/α-hetero) is 1. The minimum absolute atomic E-state index is 0.0568. The lowest BCUT2D eigenvalue weighted by molar-refractivity contribution is -0.132. The Labute approximate surface area is 205 Å². The summed E-state index contributed by atoms with van der Waals surface area (Å²) in [4.78, 5) is 27.6. The molecular weight excluding hydrogens is 465 g/mol. The molecule has 1 aliphatic rings. The van der Waals surface area contributed by atoms with E-state index in [2.05, 4.69) is 0 Å². The zero-order chi connectivity index (χ0) is 25.2. The van der Waals surface area contributed by atoms with Crippen LogP contribution in [0.15, 0.2) is 101 Å². The summed E-state index contributed by atoms with van der Waals surface area (Å²) in [5.74, 6) is -1.47. The highest BCUT2D eigenvalue weighted by Crippen LogP contribution is 2.43. The number of carbonyl (C=O) groups is 2. The average molecular weight is 485 g/mol. The quantitative estimate of drug-likeness (QED) is 0.210. The molecule has 1 atom stereocenters. The van der Waals surface area contributed by atoms with E-state index in [9.17, 15) is 19.1 Å². The smallest absolute Gasteiger partial charge is 0.300 e. The molecule has 3 aromatic carbocycles. The standard InChI is InChI=1S/C28H20FNO6/c1-34-22-14-9-17(29)16-21(22)26(31)24-25(23-8-5-15-35-23)30(28(33)27(24)32)18-10-12-20(13-11-18)36-19-6-3-2-4-7-19/h2-16,25,31H,1H3/b26-24-. The lowest BCUT2D eigenvalue weighted by Gasteiger charge is -2.23. The Hall–Kier alpha value is -4.85. The van der Waals surface area contributed by atoms with E-state index in [1.807, 2.05) is 30.3 Å². The number of hydrogen-bond donors (Lipinski definition) is 1. The third-order valence-corrected chi connectivity index (χ3v) is 5.77. The van der Waals surface area contributed by atoms with Gasteiger partial charge >= 0.3 is 0 Å². The first-order valence-corrected chi connectivity index (χ1v) is 11.0. The molecule has 1 fully saturated rings. The number of nitrogens with zero attached hydrogens (tertiary/aromatic N) is 1. The lowest BCUT2D eigenvalue weighted by Crippen LogP contribution is -2.29. The molecule has 1 N–H and O–H groups in total. The maximum atomic E-state index is 14.0. The van der Waals surface area contributed by atoms with Gasteiger partial charge in [-0.25, -0.2) is 4.39 Å². The van der Waals surface area contributed by atoms with Crippen molar-refractivity contribution in [3.63, 3.8) is 0 Å². The highest BCUT2D eigenvalue weighted by molar-refractivity contribution is 6.51. The number of amides is 1. The van der Waals surface area contributed by atoms with Crippen molar-refractivity contribution in [1.29, 1.82) is 0 Å². The van der Waals surface area contributed by atoms with Gasteiger partial charge in [-0.05, 0) is 66.7 Å². The molecule has 4 aromatic rings. The van der Waals surface area contributed by atoms with E-state index >= 15 is 0 Å². The number of ketones is 1. The van der Waals surface area contributed by atoms with Crippen molar-refractivity contribution in [3.05, 3.63) is 114 Å². The van der Waals surface area contributed by atoms with Gasteiger partial charge in [0.05, 0.1) is 24.5 Å². The Morgan fingerprint density at radius 2 is 1.67 bits per heavy atom. The van der Waals surface area contributed by atoms with Gasteiger partial charge in [0.1, 0.15) is 40.6 Å². The van der Waals surface area contributed by atoms with Crippen molar-refractivity contribution in [2.75, 3.05) is 12.0 Å². The van der Waals surface area contributed by atoms with Crippen LogP contribution in [0.25, 0.3) is 5.76 Å². The van der Waals surface area contributed by atoms with E-state index in [0.717, 1.165) is 12.1 Å². The first kappa shape index (κ1) is 22.9. The third-order valence-electron chi connectivity index (χ3n) is 5.77. The van der Waals surface area contributed by atoms with Gasteiger partial charge in [-0.1, -0.05) is 18.2 Å². The maximum Gasteiger partial charge on any atom is 0.300 e. The van der Waals surface area contributed by atoms with Gasteiger partial charge in [-0.15, -0.1) is 0 Å². The minimum Gasteiger partial charge on any atom is -0.507 e. The number of furan rings is 1. The van der Waals surface area contributed by atoms with Crippen molar-refractivity contribution >= 4 is 23.1 Å². The van der Waals surface area contributed by atoms with Crippen molar-refractivity contribution in [1.82, 2.24) is 0 Å². The van der Waals surface area contributed by atoms with Gasteiger partial charge < -0.3 is 19.0 Å². The number of para-hydroxylation sites is 1. The third kappa shape index (κ3) is 4.09. The molecule has 0 spiro atoms. The maximum absolute atomic E-state index is 14.0. The van der Waals surface area contributed by atoms with Gasteiger partial charge in [0, 0.05) is 5.69 Å². The fraction of sp³-hybridized carbons (Fsp3) is 0.0714. The molecule has 1 unspecified atom stereocenters. The molecule has 2 heterocycles. The summed E-state index contributed by atoms with van der Waals surface area (Å²) in [5, 5.41) is 11.2. The molecule has 1 amide bonds. The Morgan fingerprint density at radius 3 is 2.33 bits per heavy atom. The van der Waals surface area contributed by atoms with Crippen LogP contribution in [0.3, 0.4) is 0 Å². The molecule has 180 valence electrons. The summed E-state index contributed by atoms with van der Waals surface area (Å²) >= 11 is 0. The second kappa shape index (κ2) is 9.42. The first-order chi connectivity index (χ1) is 17.5. The average Bonchev–Trinajstić information content (AvgIpc) is 3.52. The summed E-state index contributed by atoms with van der Waals surface area (Å²) in [6.07, 6.45) is 1.40. The molecule has 7 nitrogen and oxygen atoms in total. The van der Waals surface area contributed by atoms with E-state index in [1.54, 1.807) is 36.4 Å². The lowest BCUT2D eigenvalue weighted by atomic mass is 9.98. The molecule has 1 saturated heterocycles. The second-order valence-corrected chi connectivity index (χ2v) is 7.94. The number of methoxy groups -OCH3 is 1. The van der Waals surface area contributed by atoms with Crippen molar-refractivity contribution in [2.24, 2.45) is 0 Å². The summed E-state index contributed by atoms with van der Waals surface area (Å²) in [6.45, 7) is 0. The summed E-state index contributed by atoms with van der Waals surface area (Å²) < 4.78 is 30.6. The molecule has 5 rings (SSSR count). The van der Waals surface area contributed by atoms with E-state index in [-0.39, 0.29) is 22.6 Å². The van der Waals surface area contributed by atoms with Crippen LogP contribution in [0.2, 0.25) is 0 Å². The number of anilines is 1. The zero-order valence-corrected chi connectivity index (χ0v) is 19.1. The summed E-state index contributed by atoms with van der Waals surface area (Å²) in [7, 11) is 1.35. The second-order valence-electron chi connectivity index (χ2n) is 7.94. The van der Waals surface area contributed by atoms with E-state index in [0.29, 0.717) is 17.2 Å². The molecule has 1 aliphatic heterocycles. The Kier molecular flexibility index (Phi) is 6.00. The molecule has 0 aliphatic carbocycles. The van der Waals surface area contributed by atoms with Crippen molar-refractivity contribution < 1.29 is 33.0 Å². The van der Waals surface area contributed by atoms with Crippen LogP contribution in [0, 0.1) is 5.82 Å². The fourth-order valence-corrected chi connectivity index (χ4v) is 4.12. The number of carbonyl (C=O) groups excluding carboxylic acids is 2. The van der Waals surface area contributed by atoms with Crippen molar-refractivity contribution in [3.8, 4) is 17.2 Å². The number of ether oxygens (including phenoxy) is 2. The number of benzene rings is 3. The molecule has 0 saturated carbocycles. The largest absolute Gasteiger partial charge is 0.507 e.